The van der Waals surface area contributed by atoms with Crippen molar-refractivity contribution in [3.05, 3.63) is 90.6 Å². The Kier molecular flexibility index (Phi) is 17.3. The maximum atomic E-state index is 14.4. The number of carbonyl (C=O) groups is 2. The van der Waals surface area contributed by atoms with E-state index in [1.165, 1.54) is 0 Å². The van der Waals surface area contributed by atoms with Crippen LogP contribution in [0.4, 0.5) is 4.79 Å². The van der Waals surface area contributed by atoms with E-state index in [1.54, 1.807) is 41.3 Å². The molecule has 2 aromatic carbocycles. The first kappa shape index (κ1) is 46.5. The van der Waals surface area contributed by atoms with Crippen molar-refractivity contribution >= 4 is 18.1 Å². The van der Waals surface area contributed by atoms with Crippen LogP contribution >= 0.6 is 0 Å². The summed E-state index contributed by atoms with van der Waals surface area (Å²) >= 11 is 0. The molecule has 3 aliphatic rings. The summed E-state index contributed by atoms with van der Waals surface area (Å²) in [7, 11) is 0. The number of aldehydes is 1. The minimum atomic E-state index is -1.50. The number of hydrogen-bond acceptors (Lipinski definition) is 12. The topological polar surface area (TPSA) is 166 Å². The van der Waals surface area contributed by atoms with Crippen LogP contribution in [0.1, 0.15) is 94.0 Å². The number of carbonyl (C=O) groups excluding carboxylic acids is 2. The first-order chi connectivity index (χ1) is 29.0. The average Bonchev–Trinajstić information content (AvgIpc) is 3.23. The Morgan fingerprint density at radius 3 is 2.43 bits per heavy atom. The predicted octanol–water partition coefficient (Wildman–Crippen LogP) is 7.75. The number of rotatable bonds is 24. The van der Waals surface area contributed by atoms with Gasteiger partial charge in [0.25, 0.3) is 0 Å². The van der Waals surface area contributed by atoms with Crippen molar-refractivity contribution in [3.63, 3.8) is 0 Å². The SMILES string of the molecule is C=CCCOC(=O)N(CCOCCO)[C@H]1CC(=NOC(C)(C)C)C2=C[C@H](CCCCO)[C@@H](CCCCO)[C@@H]3c4cc(Oc5cccc(C=O)c5)ccc4O[C@@]1(OCC=C)[C@H]23. The molecule has 2 aromatic rings. The first-order valence-corrected chi connectivity index (χ1v) is 21.3. The van der Waals surface area contributed by atoms with Gasteiger partial charge < -0.3 is 43.8 Å². The van der Waals surface area contributed by atoms with Gasteiger partial charge in [-0.1, -0.05) is 48.4 Å². The van der Waals surface area contributed by atoms with E-state index in [0.717, 1.165) is 43.1 Å². The van der Waals surface area contributed by atoms with Gasteiger partial charge in [-0.25, -0.2) is 4.79 Å². The number of ether oxygens (including phenoxy) is 5. The highest BCUT2D eigenvalue weighted by molar-refractivity contribution is 6.03. The molecular weight excluding hydrogens is 769 g/mol. The summed E-state index contributed by atoms with van der Waals surface area (Å²) in [5, 5.41) is 34.2. The van der Waals surface area contributed by atoms with Gasteiger partial charge >= 0.3 is 6.09 Å². The third kappa shape index (κ3) is 11.4. The Balaban J connectivity index is 1.78. The van der Waals surface area contributed by atoms with Gasteiger partial charge in [0.15, 0.2) is 0 Å². The lowest BCUT2D eigenvalue weighted by Gasteiger charge is -2.59. The van der Waals surface area contributed by atoms with E-state index in [4.69, 9.17) is 33.7 Å². The van der Waals surface area contributed by atoms with Crippen LogP contribution < -0.4 is 9.47 Å². The van der Waals surface area contributed by atoms with Crippen LogP contribution in [0, 0.1) is 17.8 Å². The maximum absolute atomic E-state index is 14.4. The largest absolute Gasteiger partial charge is 0.459 e. The molecule has 0 unspecified atom stereocenters. The fraction of sp³-hybridized carbons (Fsp3) is 0.553. The van der Waals surface area contributed by atoms with E-state index in [-0.39, 0.29) is 77.0 Å². The normalized spacial score (nSPS) is 23.7. The Bertz CT molecular complexity index is 1810. The molecule has 2 aliphatic carbocycles. The number of aliphatic hydroxyl groups excluding tert-OH is 3. The zero-order valence-corrected chi connectivity index (χ0v) is 35.5. The molecule has 1 heterocycles. The number of benzene rings is 2. The minimum absolute atomic E-state index is 0.00333. The van der Waals surface area contributed by atoms with Gasteiger partial charge in [-0.3, -0.25) is 9.69 Å². The number of fused-ring (bicyclic) bond motifs is 2. The van der Waals surface area contributed by atoms with Crippen molar-refractivity contribution < 1.29 is 53.4 Å². The number of nitrogens with zero attached hydrogens (tertiary/aromatic N) is 2. The summed E-state index contributed by atoms with van der Waals surface area (Å²) in [6.45, 7) is 14.0. The fourth-order valence-electron chi connectivity index (χ4n) is 8.71. The smallest absolute Gasteiger partial charge is 0.410 e. The summed E-state index contributed by atoms with van der Waals surface area (Å²) in [6, 6.07) is 11.8. The van der Waals surface area contributed by atoms with Crippen molar-refractivity contribution in [1.82, 2.24) is 4.90 Å². The average molecular weight is 833 g/mol. The molecule has 0 saturated heterocycles. The number of unbranched alkanes of at least 4 members (excludes halogenated alkanes) is 2. The van der Waals surface area contributed by atoms with Gasteiger partial charge in [0, 0.05) is 43.2 Å². The van der Waals surface area contributed by atoms with Crippen LogP contribution in [0.3, 0.4) is 0 Å². The van der Waals surface area contributed by atoms with Crippen molar-refractivity contribution in [1.29, 1.82) is 0 Å². The van der Waals surface area contributed by atoms with Gasteiger partial charge in [0.05, 0.1) is 44.7 Å². The lowest BCUT2D eigenvalue weighted by atomic mass is 9.55. The van der Waals surface area contributed by atoms with Gasteiger partial charge in [-0.15, -0.1) is 13.2 Å². The minimum Gasteiger partial charge on any atom is -0.459 e. The van der Waals surface area contributed by atoms with E-state index < -0.39 is 29.4 Å². The Hall–Kier alpha value is -4.53. The highest BCUT2D eigenvalue weighted by Gasteiger charge is 2.65. The first-order valence-electron chi connectivity index (χ1n) is 21.3. The van der Waals surface area contributed by atoms with Gasteiger partial charge in [0.1, 0.15) is 35.2 Å². The van der Waals surface area contributed by atoms with E-state index in [9.17, 15) is 24.9 Å². The summed E-state index contributed by atoms with van der Waals surface area (Å²) < 4.78 is 32.3. The molecule has 3 N–H and O–H groups in total. The molecule has 0 spiro atoms. The summed E-state index contributed by atoms with van der Waals surface area (Å²) in [6.07, 6.45) is 10.8. The number of aliphatic hydroxyl groups is 3. The molecule has 5 rings (SSSR count). The Morgan fingerprint density at radius 1 is 0.967 bits per heavy atom. The Morgan fingerprint density at radius 2 is 1.73 bits per heavy atom. The molecule has 1 aliphatic heterocycles. The molecule has 1 fully saturated rings. The van der Waals surface area contributed by atoms with Crippen LogP contribution in [-0.4, -0.2) is 109 Å². The third-order valence-corrected chi connectivity index (χ3v) is 11.2. The molecule has 0 radical (unpaired) electrons. The predicted molar refractivity (Wildman–Crippen MR) is 228 cm³/mol. The number of allylic oxidation sites excluding steroid dienone is 1. The molecule has 0 bridgehead atoms. The van der Waals surface area contributed by atoms with Crippen LogP contribution in [0.2, 0.25) is 0 Å². The monoisotopic (exact) mass is 832 g/mol. The van der Waals surface area contributed by atoms with E-state index in [1.807, 2.05) is 39.0 Å². The maximum Gasteiger partial charge on any atom is 0.410 e. The molecule has 13 nitrogen and oxygen atoms in total. The summed E-state index contributed by atoms with van der Waals surface area (Å²) in [5.74, 6) is -0.687. The van der Waals surface area contributed by atoms with E-state index in [0.29, 0.717) is 47.8 Å². The van der Waals surface area contributed by atoms with Crippen LogP contribution in [0.5, 0.6) is 17.2 Å². The molecule has 13 heteroatoms. The highest BCUT2D eigenvalue weighted by Crippen LogP contribution is 2.62. The molecule has 60 heavy (non-hydrogen) atoms. The zero-order valence-electron chi connectivity index (χ0n) is 35.5. The third-order valence-electron chi connectivity index (χ3n) is 11.2. The molecule has 1 amide bonds. The number of amides is 1. The molecule has 1 saturated carbocycles. The lowest BCUT2D eigenvalue weighted by molar-refractivity contribution is -0.256. The second-order valence-corrected chi connectivity index (χ2v) is 16.5. The second-order valence-electron chi connectivity index (χ2n) is 16.5. The van der Waals surface area contributed by atoms with Crippen LogP contribution in [0.15, 0.2) is 84.6 Å². The summed E-state index contributed by atoms with van der Waals surface area (Å²) in [4.78, 5) is 33.8. The molecule has 0 aromatic heterocycles. The van der Waals surface area contributed by atoms with E-state index >= 15 is 0 Å². The molecule has 328 valence electrons. The Labute approximate surface area is 354 Å². The van der Waals surface area contributed by atoms with Gasteiger partial charge in [-0.05, 0) is 101 Å². The second kappa shape index (κ2) is 22.4. The van der Waals surface area contributed by atoms with Gasteiger partial charge in [0.2, 0.25) is 5.79 Å². The summed E-state index contributed by atoms with van der Waals surface area (Å²) in [5.41, 5.74) is 2.28. The van der Waals surface area contributed by atoms with Crippen molar-refractivity contribution in [2.75, 3.05) is 52.8 Å². The molecule has 6 atom stereocenters. The van der Waals surface area contributed by atoms with E-state index in [2.05, 4.69) is 19.2 Å². The lowest BCUT2D eigenvalue weighted by Crippen LogP contribution is -2.70. The zero-order chi connectivity index (χ0) is 43.1. The van der Waals surface area contributed by atoms with Gasteiger partial charge in [-0.2, -0.15) is 0 Å². The standard InChI is InChI=1S/C47H64N2O11/c1-6-8-25-56-45(54)49(20-26-55-27-23-52)42-31-40(48-60-46(3,4)5)38-29-34(15-9-11-21-50)37(17-10-12-22-51)43-39-30-36(58-35-16-13-14-33(28-35)32-53)18-19-41(39)59-47(42,44(38)43)57-24-7-2/h6-7,13-14,16,18-19,28-30,32,34,37,42-44,50-52H,1-2,8-12,15,17,20-27,31H2,3-5H3/t34-,37+,42-,43+,44+,47+/m0/s1. The quantitative estimate of drug-likeness (QED) is 0.0410. The van der Waals surface area contributed by atoms with Crippen LogP contribution in [-0.2, 0) is 19.0 Å². The number of hydrogen-bond donors (Lipinski definition) is 3. The van der Waals surface area contributed by atoms with Crippen molar-refractivity contribution in [2.24, 2.45) is 22.9 Å². The highest BCUT2D eigenvalue weighted by atomic mass is 16.7. The fourth-order valence-corrected chi connectivity index (χ4v) is 8.71. The van der Waals surface area contributed by atoms with Crippen molar-refractivity contribution in [3.8, 4) is 17.2 Å². The molecular formula is C47H64N2O11. The number of oxime groups is 1. The van der Waals surface area contributed by atoms with Crippen LogP contribution in [0.25, 0.3) is 0 Å². The van der Waals surface area contributed by atoms with Crippen molar-refractivity contribution in [2.45, 2.75) is 95.5 Å².